The maximum Gasteiger partial charge on any atom is 0.242 e. The molecule has 0 aliphatic carbocycles. The van der Waals surface area contributed by atoms with E-state index in [1.165, 1.54) is 0 Å². The monoisotopic (exact) mass is 320 g/mol. The molecule has 2 heterocycles. The average Bonchev–Trinajstić information content (AvgIpc) is 2.79. The molecule has 0 aromatic carbocycles. The van der Waals surface area contributed by atoms with Crippen LogP contribution in [0, 0.1) is 13.8 Å². The van der Waals surface area contributed by atoms with Gasteiger partial charge in [-0.3, -0.25) is 14.4 Å². The number of amides is 2. The van der Waals surface area contributed by atoms with Crippen LogP contribution in [0.3, 0.4) is 0 Å². The van der Waals surface area contributed by atoms with Crippen LogP contribution in [0.25, 0.3) is 0 Å². The van der Waals surface area contributed by atoms with Gasteiger partial charge >= 0.3 is 0 Å². The summed E-state index contributed by atoms with van der Waals surface area (Å²) in [6, 6.07) is 0.230. The minimum atomic E-state index is -0.0317. The number of hydrogen-bond donors (Lipinski definition) is 2. The van der Waals surface area contributed by atoms with Crippen molar-refractivity contribution in [3.05, 3.63) is 17.0 Å². The van der Waals surface area contributed by atoms with Crippen molar-refractivity contribution in [3.8, 4) is 0 Å². The first-order chi connectivity index (χ1) is 11.0. The number of carbonyl (C=O) groups is 3. The highest BCUT2D eigenvalue weighted by molar-refractivity contribution is 5.86. The summed E-state index contributed by atoms with van der Waals surface area (Å²) in [5.74, 6) is -0.0317. The second kappa shape index (κ2) is 7.41. The largest absolute Gasteiger partial charge is 0.341 e. The predicted octanol–water partition coefficient (Wildman–Crippen LogP) is 0.696. The van der Waals surface area contributed by atoms with E-state index in [-0.39, 0.29) is 18.5 Å². The van der Waals surface area contributed by atoms with Crippen molar-refractivity contribution in [3.63, 3.8) is 0 Å². The summed E-state index contributed by atoms with van der Waals surface area (Å²) in [6.07, 6.45) is 3.18. The van der Waals surface area contributed by atoms with E-state index >= 15 is 0 Å². The van der Waals surface area contributed by atoms with Crippen LogP contribution in [0.4, 0.5) is 5.69 Å². The summed E-state index contributed by atoms with van der Waals surface area (Å²) in [5.41, 5.74) is 2.42. The third-order valence-corrected chi connectivity index (χ3v) is 4.67. The quantitative estimate of drug-likeness (QED) is 0.756. The zero-order valence-electron chi connectivity index (χ0n) is 13.9. The fraction of sp³-hybridized carbons (Fsp3) is 0.562. The fourth-order valence-corrected chi connectivity index (χ4v) is 3.19. The van der Waals surface area contributed by atoms with E-state index in [0.29, 0.717) is 29.0 Å². The summed E-state index contributed by atoms with van der Waals surface area (Å²) >= 11 is 0. The topological polar surface area (TPSA) is 83.4 Å². The minimum absolute atomic E-state index is 0.0317. The Bertz CT molecular complexity index is 603. The number of anilines is 1. The number of piperidine rings is 1. The molecule has 0 radical (unpaired) electrons. The van der Waals surface area contributed by atoms with Gasteiger partial charge in [-0.2, -0.15) is 0 Å². The Morgan fingerprint density at radius 2 is 2.00 bits per heavy atom. The number of nitrogens with zero attached hydrogens (tertiary/aromatic N) is 2. The van der Waals surface area contributed by atoms with Gasteiger partial charge in [0.2, 0.25) is 12.3 Å². The maximum atomic E-state index is 12.6. The van der Waals surface area contributed by atoms with Crippen LogP contribution < -0.4 is 10.6 Å². The molecule has 23 heavy (non-hydrogen) atoms. The molecule has 0 bridgehead atoms. The van der Waals surface area contributed by atoms with Crippen molar-refractivity contribution in [2.45, 2.75) is 39.3 Å². The highest BCUT2D eigenvalue weighted by Gasteiger charge is 2.24. The van der Waals surface area contributed by atoms with E-state index in [4.69, 9.17) is 0 Å². The van der Waals surface area contributed by atoms with Gasteiger partial charge in [-0.1, -0.05) is 0 Å². The molecular formula is C16H24N4O3. The number of nitrogens with one attached hydrogen (secondary N) is 2. The first-order valence-electron chi connectivity index (χ1n) is 7.82. The number of aromatic nitrogens is 1. The molecule has 1 saturated heterocycles. The van der Waals surface area contributed by atoms with Gasteiger partial charge in [-0.25, -0.2) is 0 Å². The molecule has 1 aromatic heterocycles. The standard InChI is InChI=1S/C16H24N4O3/c1-11-14(9-21)20(12(2)16(11)18-10-22)8-15(23)19(3)13-4-6-17-7-5-13/h9-10,13,17H,4-8H2,1-3H3,(H,18,22). The van der Waals surface area contributed by atoms with Gasteiger partial charge in [0, 0.05) is 24.3 Å². The molecule has 0 unspecified atom stereocenters. The first kappa shape index (κ1) is 17.2. The van der Waals surface area contributed by atoms with Gasteiger partial charge < -0.3 is 20.1 Å². The Labute approximate surface area is 136 Å². The Morgan fingerprint density at radius 3 is 2.57 bits per heavy atom. The molecule has 126 valence electrons. The summed E-state index contributed by atoms with van der Waals surface area (Å²) in [4.78, 5) is 36.5. The van der Waals surface area contributed by atoms with Crippen molar-refractivity contribution >= 4 is 24.3 Å². The molecule has 7 nitrogen and oxygen atoms in total. The highest BCUT2D eigenvalue weighted by Crippen LogP contribution is 2.26. The number of aldehydes is 1. The Kier molecular flexibility index (Phi) is 5.54. The maximum absolute atomic E-state index is 12.6. The third-order valence-electron chi connectivity index (χ3n) is 4.67. The van der Waals surface area contributed by atoms with Gasteiger partial charge in [0.05, 0.1) is 11.4 Å². The molecule has 1 aliphatic rings. The van der Waals surface area contributed by atoms with Crippen LogP contribution in [0.15, 0.2) is 0 Å². The number of hydrogen-bond acceptors (Lipinski definition) is 4. The molecule has 2 N–H and O–H groups in total. The summed E-state index contributed by atoms with van der Waals surface area (Å²) < 4.78 is 1.67. The Morgan fingerprint density at radius 1 is 1.35 bits per heavy atom. The van der Waals surface area contributed by atoms with Gasteiger partial charge in [0.1, 0.15) is 6.54 Å². The summed E-state index contributed by atoms with van der Waals surface area (Å²) in [7, 11) is 1.81. The fourth-order valence-electron chi connectivity index (χ4n) is 3.19. The lowest BCUT2D eigenvalue weighted by Crippen LogP contribution is -2.45. The van der Waals surface area contributed by atoms with E-state index in [2.05, 4.69) is 10.6 Å². The lowest BCUT2D eigenvalue weighted by molar-refractivity contribution is -0.133. The first-order valence-corrected chi connectivity index (χ1v) is 7.82. The molecule has 2 amide bonds. The molecule has 2 rings (SSSR count). The molecule has 1 aromatic rings. The molecule has 0 spiro atoms. The summed E-state index contributed by atoms with van der Waals surface area (Å²) in [5, 5.41) is 5.89. The smallest absolute Gasteiger partial charge is 0.242 e. The van der Waals surface area contributed by atoms with Crippen molar-refractivity contribution in [1.29, 1.82) is 0 Å². The second-order valence-corrected chi connectivity index (χ2v) is 5.92. The van der Waals surface area contributed by atoms with Crippen LogP contribution >= 0.6 is 0 Å². The van der Waals surface area contributed by atoms with Crippen molar-refractivity contribution in [1.82, 2.24) is 14.8 Å². The predicted molar refractivity (Wildman–Crippen MR) is 87.6 cm³/mol. The molecule has 7 heteroatoms. The van der Waals surface area contributed by atoms with Gasteiger partial charge in [0.15, 0.2) is 6.29 Å². The Balaban J connectivity index is 2.21. The Hall–Kier alpha value is -2.15. The van der Waals surface area contributed by atoms with E-state index in [9.17, 15) is 14.4 Å². The van der Waals surface area contributed by atoms with Crippen LogP contribution in [0.1, 0.15) is 34.6 Å². The van der Waals surface area contributed by atoms with E-state index in [1.54, 1.807) is 23.3 Å². The number of rotatable bonds is 6. The van der Waals surface area contributed by atoms with Gasteiger partial charge in [-0.15, -0.1) is 0 Å². The lowest BCUT2D eigenvalue weighted by Gasteiger charge is -2.32. The third kappa shape index (κ3) is 3.44. The number of likely N-dealkylation sites (N-methyl/N-ethyl adjacent to an activating group) is 1. The van der Waals surface area contributed by atoms with E-state index in [0.717, 1.165) is 32.2 Å². The molecule has 1 aliphatic heterocycles. The van der Waals surface area contributed by atoms with Crippen LogP contribution in [-0.2, 0) is 16.1 Å². The lowest BCUT2D eigenvalue weighted by atomic mass is 10.1. The summed E-state index contributed by atoms with van der Waals surface area (Å²) in [6.45, 7) is 5.49. The molecule has 0 saturated carbocycles. The minimum Gasteiger partial charge on any atom is -0.341 e. The zero-order chi connectivity index (χ0) is 17.0. The number of carbonyl (C=O) groups excluding carboxylic acids is 3. The second-order valence-electron chi connectivity index (χ2n) is 5.92. The molecule has 0 atom stereocenters. The average molecular weight is 320 g/mol. The van der Waals surface area contributed by atoms with Crippen LogP contribution in [0.2, 0.25) is 0 Å². The van der Waals surface area contributed by atoms with Crippen LogP contribution in [0.5, 0.6) is 0 Å². The molecular weight excluding hydrogens is 296 g/mol. The van der Waals surface area contributed by atoms with Crippen LogP contribution in [-0.4, -0.2) is 54.2 Å². The zero-order valence-corrected chi connectivity index (χ0v) is 13.9. The SMILES string of the molecule is Cc1c(NC=O)c(C)n(CC(=O)N(C)C2CCNCC2)c1C=O. The highest BCUT2D eigenvalue weighted by atomic mass is 16.2. The van der Waals surface area contributed by atoms with Crippen molar-refractivity contribution < 1.29 is 14.4 Å². The van der Waals surface area contributed by atoms with E-state index < -0.39 is 0 Å². The van der Waals surface area contributed by atoms with Crippen molar-refractivity contribution in [2.75, 3.05) is 25.5 Å². The van der Waals surface area contributed by atoms with Gasteiger partial charge in [0.25, 0.3) is 0 Å². The van der Waals surface area contributed by atoms with Gasteiger partial charge in [-0.05, 0) is 39.8 Å². The normalized spacial score (nSPS) is 15.3. The van der Waals surface area contributed by atoms with Crippen molar-refractivity contribution in [2.24, 2.45) is 0 Å². The molecule has 1 fully saturated rings. The van der Waals surface area contributed by atoms with E-state index in [1.807, 2.05) is 7.05 Å².